The number of nitrogens with zero attached hydrogens (tertiary/aromatic N) is 2. The van der Waals surface area contributed by atoms with Gasteiger partial charge >= 0.3 is 6.03 Å². The third-order valence-electron chi connectivity index (χ3n) is 4.83. The number of para-hydroxylation sites is 1. The van der Waals surface area contributed by atoms with Crippen molar-refractivity contribution in [3.63, 3.8) is 0 Å². The number of nitrogens with two attached hydrogens (primary N) is 1. The van der Waals surface area contributed by atoms with Gasteiger partial charge in [-0.2, -0.15) is 5.10 Å². The molecule has 0 saturated carbocycles. The Labute approximate surface area is 151 Å². The van der Waals surface area contributed by atoms with Crippen LogP contribution < -0.4 is 16.4 Å². The fraction of sp³-hybridized carbons (Fsp3) is 0.444. The van der Waals surface area contributed by atoms with Crippen LogP contribution in [0.25, 0.3) is 5.69 Å². The predicted octanol–water partition coefficient (Wildman–Crippen LogP) is 2.26. The number of halogens is 1. The summed E-state index contributed by atoms with van der Waals surface area (Å²) in [5.74, 6) is -0.376. The van der Waals surface area contributed by atoms with E-state index in [1.54, 1.807) is 32.0 Å². The van der Waals surface area contributed by atoms with Gasteiger partial charge in [0, 0.05) is 19.8 Å². The van der Waals surface area contributed by atoms with Crippen molar-refractivity contribution in [1.29, 1.82) is 0 Å². The number of aryl methyl sites for hydroxylation is 1. The topological polar surface area (TPSA) is 94.2 Å². The van der Waals surface area contributed by atoms with E-state index in [9.17, 15) is 9.18 Å². The minimum absolute atomic E-state index is 0.337. The summed E-state index contributed by atoms with van der Waals surface area (Å²) in [6, 6.07) is 6.03. The van der Waals surface area contributed by atoms with E-state index in [0.29, 0.717) is 55.4 Å². The molecule has 0 atom stereocenters. The van der Waals surface area contributed by atoms with Gasteiger partial charge in [-0.1, -0.05) is 12.1 Å². The Morgan fingerprint density at radius 1 is 1.35 bits per heavy atom. The van der Waals surface area contributed by atoms with E-state index >= 15 is 0 Å². The zero-order valence-electron chi connectivity index (χ0n) is 15.0. The number of hydrogen-bond acceptors (Lipinski definition) is 4. The summed E-state index contributed by atoms with van der Waals surface area (Å²) in [7, 11) is 0. The molecule has 140 valence electrons. The number of benzene rings is 1. The number of carbonyl (C=O) groups is 1. The zero-order valence-corrected chi connectivity index (χ0v) is 15.0. The van der Waals surface area contributed by atoms with Crippen LogP contribution in [-0.4, -0.2) is 41.1 Å². The summed E-state index contributed by atoms with van der Waals surface area (Å²) >= 11 is 0. The van der Waals surface area contributed by atoms with E-state index in [1.807, 2.05) is 0 Å². The quantitative estimate of drug-likeness (QED) is 0.779. The maximum atomic E-state index is 14.1. The SMILES string of the molecule is Cc1nn(-c2ccccc2F)c(C)c1NC(=O)NC1(CN)CCOCC1. The summed E-state index contributed by atoms with van der Waals surface area (Å²) < 4.78 is 20.9. The lowest BCUT2D eigenvalue weighted by Gasteiger charge is -2.36. The summed E-state index contributed by atoms with van der Waals surface area (Å²) in [5.41, 5.74) is 7.57. The van der Waals surface area contributed by atoms with Gasteiger partial charge in [-0.25, -0.2) is 13.9 Å². The van der Waals surface area contributed by atoms with Crippen LogP contribution in [0.2, 0.25) is 0 Å². The van der Waals surface area contributed by atoms with Gasteiger partial charge in [0.25, 0.3) is 0 Å². The predicted molar refractivity (Wildman–Crippen MR) is 97.0 cm³/mol. The minimum Gasteiger partial charge on any atom is -0.381 e. The lowest BCUT2D eigenvalue weighted by Crippen LogP contribution is -2.57. The maximum Gasteiger partial charge on any atom is 0.319 e. The number of anilines is 1. The van der Waals surface area contributed by atoms with E-state index in [4.69, 9.17) is 10.5 Å². The Balaban J connectivity index is 1.80. The largest absolute Gasteiger partial charge is 0.381 e. The van der Waals surface area contributed by atoms with Crippen molar-refractivity contribution < 1.29 is 13.9 Å². The minimum atomic E-state index is -0.467. The summed E-state index contributed by atoms with van der Waals surface area (Å²) in [5, 5.41) is 10.2. The Bertz CT molecular complexity index is 799. The molecule has 7 nitrogen and oxygen atoms in total. The molecule has 26 heavy (non-hydrogen) atoms. The summed E-state index contributed by atoms with van der Waals surface area (Å²) in [6.07, 6.45) is 1.34. The number of amides is 2. The molecular weight excluding hydrogens is 337 g/mol. The number of hydrogen-bond donors (Lipinski definition) is 3. The smallest absolute Gasteiger partial charge is 0.319 e. The van der Waals surface area contributed by atoms with Crippen LogP contribution in [0, 0.1) is 19.7 Å². The van der Waals surface area contributed by atoms with Crippen molar-refractivity contribution in [2.45, 2.75) is 32.2 Å². The lowest BCUT2D eigenvalue weighted by molar-refractivity contribution is 0.0463. The highest BCUT2D eigenvalue weighted by atomic mass is 19.1. The molecule has 4 N–H and O–H groups in total. The molecule has 2 aromatic rings. The van der Waals surface area contributed by atoms with Gasteiger partial charge in [-0.15, -0.1) is 0 Å². The molecule has 0 unspecified atom stereocenters. The van der Waals surface area contributed by atoms with E-state index in [0.717, 1.165) is 0 Å². The van der Waals surface area contributed by atoms with Crippen molar-refractivity contribution in [2.24, 2.45) is 5.73 Å². The van der Waals surface area contributed by atoms with Crippen molar-refractivity contribution >= 4 is 11.7 Å². The summed E-state index contributed by atoms with van der Waals surface area (Å²) in [4.78, 5) is 12.5. The second kappa shape index (κ2) is 7.43. The fourth-order valence-corrected chi connectivity index (χ4v) is 3.21. The number of urea groups is 1. The van der Waals surface area contributed by atoms with Crippen molar-refractivity contribution in [3.8, 4) is 5.69 Å². The maximum absolute atomic E-state index is 14.1. The zero-order chi connectivity index (χ0) is 18.7. The standard InChI is InChI=1S/C18H24FN5O2/c1-12-16(13(2)24(23-12)15-6-4-3-5-14(15)19)21-17(25)22-18(11-20)7-9-26-10-8-18/h3-6H,7-11,20H2,1-2H3,(H2,21,22,25). The second-order valence-corrected chi connectivity index (χ2v) is 6.58. The normalized spacial score (nSPS) is 16.3. The van der Waals surface area contributed by atoms with Gasteiger partial charge < -0.3 is 21.1 Å². The molecule has 1 fully saturated rings. The van der Waals surface area contributed by atoms with E-state index in [2.05, 4.69) is 15.7 Å². The lowest BCUT2D eigenvalue weighted by atomic mass is 9.90. The van der Waals surface area contributed by atoms with Gasteiger partial charge in [-0.3, -0.25) is 0 Å². The molecule has 8 heteroatoms. The molecule has 1 aliphatic rings. The first-order chi connectivity index (χ1) is 12.5. The molecule has 1 saturated heterocycles. The van der Waals surface area contributed by atoms with Crippen LogP contribution in [0.3, 0.4) is 0 Å². The molecular formula is C18H24FN5O2. The molecule has 3 rings (SSSR count). The number of rotatable bonds is 4. The van der Waals surface area contributed by atoms with Crippen molar-refractivity contribution in [2.75, 3.05) is 25.1 Å². The first kappa shape index (κ1) is 18.3. The van der Waals surface area contributed by atoms with Crippen LogP contribution >= 0.6 is 0 Å². The van der Waals surface area contributed by atoms with Crippen molar-refractivity contribution in [3.05, 3.63) is 41.5 Å². The Hall–Kier alpha value is -2.45. The monoisotopic (exact) mass is 361 g/mol. The highest BCUT2D eigenvalue weighted by Crippen LogP contribution is 2.25. The second-order valence-electron chi connectivity index (χ2n) is 6.58. The number of aromatic nitrogens is 2. The molecule has 0 bridgehead atoms. The first-order valence-electron chi connectivity index (χ1n) is 8.64. The molecule has 1 aliphatic heterocycles. The van der Waals surface area contributed by atoms with Crippen LogP contribution in [-0.2, 0) is 4.74 Å². The van der Waals surface area contributed by atoms with E-state index < -0.39 is 5.54 Å². The Morgan fingerprint density at radius 2 is 2.04 bits per heavy atom. The highest BCUT2D eigenvalue weighted by molar-refractivity contribution is 5.91. The molecule has 1 aromatic heterocycles. The Kier molecular flexibility index (Phi) is 5.24. The van der Waals surface area contributed by atoms with E-state index in [1.165, 1.54) is 10.7 Å². The van der Waals surface area contributed by atoms with Gasteiger partial charge in [0.05, 0.1) is 22.6 Å². The first-order valence-corrected chi connectivity index (χ1v) is 8.64. The number of ether oxygens (including phenoxy) is 1. The Morgan fingerprint density at radius 3 is 2.69 bits per heavy atom. The molecule has 2 heterocycles. The average Bonchev–Trinajstić information content (AvgIpc) is 2.91. The third-order valence-corrected chi connectivity index (χ3v) is 4.83. The summed E-state index contributed by atoms with van der Waals surface area (Å²) in [6.45, 7) is 5.04. The van der Waals surface area contributed by atoms with Crippen molar-refractivity contribution in [1.82, 2.24) is 15.1 Å². The average molecular weight is 361 g/mol. The fourth-order valence-electron chi connectivity index (χ4n) is 3.21. The molecule has 1 aromatic carbocycles. The molecule has 0 aliphatic carbocycles. The van der Waals surface area contributed by atoms with Gasteiger partial charge in [-0.05, 0) is 38.8 Å². The van der Waals surface area contributed by atoms with Crippen LogP contribution in [0.4, 0.5) is 14.9 Å². The van der Waals surface area contributed by atoms with Crippen LogP contribution in [0.1, 0.15) is 24.2 Å². The van der Waals surface area contributed by atoms with Crippen LogP contribution in [0.5, 0.6) is 0 Å². The van der Waals surface area contributed by atoms with E-state index in [-0.39, 0.29) is 11.8 Å². The number of carbonyl (C=O) groups excluding carboxylic acids is 1. The number of nitrogens with one attached hydrogen (secondary N) is 2. The van der Waals surface area contributed by atoms with Gasteiger partial charge in [0.15, 0.2) is 0 Å². The molecule has 2 amide bonds. The highest BCUT2D eigenvalue weighted by Gasteiger charge is 2.33. The van der Waals surface area contributed by atoms with Gasteiger partial charge in [0.2, 0.25) is 0 Å². The third kappa shape index (κ3) is 3.56. The van der Waals surface area contributed by atoms with Crippen LogP contribution in [0.15, 0.2) is 24.3 Å². The molecule has 0 radical (unpaired) electrons. The van der Waals surface area contributed by atoms with Gasteiger partial charge in [0.1, 0.15) is 11.5 Å². The molecule has 0 spiro atoms.